The molecular formula is C15H21NO. The molecule has 1 aliphatic heterocycles. The summed E-state index contributed by atoms with van der Waals surface area (Å²) in [6, 6.07) is 8.23. The molecule has 0 aliphatic carbocycles. The quantitative estimate of drug-likeness (QED) is 0.771. The third-order valence-electron chi connectivity index (χ3n) is 3.11. The zero-order valence-electron chi connectivity index (χ0n) is 10.8. The van der Waals surface area contributed by atoms with Crippen molar-refractivity contribution in [1.82, 2.24) is 4.90 Å². The third-order valence-corrected chi connectivity index (χ3v) is 3.11. The van der Waals surface area contributed by atoms with Gasteiger partial charge in [-0.1, -0.05) is 32.0 Å². The molecule has 0 unspecified atom stereocenters. The summed E-state index contributed by atoms with van der Waals surface area (Å²) in [5.74, 6) is 1.01. The Bertz CT molecular complexity index is 398. The minimum absolute atomic E-state index is 0.733. The van der Waals surface area contributed by atoms with E-state index in [1.807, 2.05) is 12.1 Å². The van der Waals surface area contributed by atoms with E-state index in [0.29, 0.717) is 0 Å². The highest BCUT2D eigenvalue weighted by atomic mass is 16.5. The van der Waals surface area contributed by atoms with Crippen molar-refractivity contribution in [3.8, 4) is 5.75 Å². The molecule has 0 amide bonds. The van der Waals surface area contributed by atoms with Crippen molar-refractivity contribution in [3.63, 3.8) is 0 Å². The Morgan fingerprint density at radius 3 is 2.82 bits per heavy atom. The number of para-hydroxylation sites is 1. The first-order valence-corrected chi connectivity index (χ1v) is 6.47. The normalized spacial score (nSPS) is 14.2. The van der Waals surface area contributed by atoms with E-state index in [9.17, 15) is 0 Å². The van der Waals surface area contributed by atoms with Gasteiger partial charge in [0.2, 0.25) is 0 Å². The van der Waals surface area contributed by atoms with Crippen molar-refractivity contribution in [2.45, 2.75) is 20.3 Å². The van der Waals surface area contributed by atoms with Gasteiger partial charge in [0.05, 0.1) is 0 Å². The highest BCUT2D eigenvalue weighted by Gasteiger charge is 2.12. The van der Waals surface area contributed by atoms with Gasteiger partial charge in [-0.2, -0.15) is 0 Å². The fourth-order valence-electron chi connectivity index (χ4n) is 2.21. The lowest BCUT2D eigenvalue weighted by atomic mass is 10.1. The summed E-state index contributed by atoms with van der Waals surface area (Å²) in [5, 5.41) is 0. The molecule has 0 fully saturated rings. The lowest BCUT2D eigenvalue weighted by Gasteiger charge is -2.24. The van der Waals surface area contributed by atoms with Gasteiger partial charge in [-0.3, -0.25) is 4.90 Å². The smallest absolute Gasteiger partial charge is 0.127 e. The molecule has 17 heavy (non-hydrogen) atoms. The van der Waals surface area contributed by atoms with Crippen molar-refractivity contribution in [3.05, 3.63) is 35.4 Å². The topological polar surface area (TPSA) is 12.5 Å². The minimum atomic E-state index is 0.733. The van der Waals surface area contributed by atoms with E-state index in [0.717, 1.165) is 32.0 Å². The second-order valence-electron chi connectivity index (χ2n) is 4.50. The predicted molar refractivity (Wildman–Crippen MR) is 72.3 cm³/mol. The zero-order chi connectivity index (χ0) is 12.1. The van der Waals surface area contributed by atoms with Crippen LogP contribution in [0.25, 0.3) is 6.08 Å². The number of hydrogen-bond acceptors (Lipinski definition) is 2. The van der Waals surface area contributed by atoms with Crippen molar-refractivity contribution < 1.29 is 4.74 Å². The molecule has 2 heteroatoms. The van der Waals surface area contributed by atoms with Crippen LogP contribution in [0.2, 0.25) is 0 Å². The first-order valence-electron chi connectivity index (χ1n) is 6.47. The van der Waals surface area contributed by atoms with E-state index in [-0.39, 0.29) is 0 Å². The maximum atomic E-state index is 5.76. The third kappa shape index (κ3) is 3.10. The molecule has 0 saturated carbocycles. The number of rotatable bonds is 5. The van der Waals surface area contributed by atoms with E-state index in [1.54, 1.807) is 0 Å². The number of hydrogen-bond donors (Lipinski definition) is 0. The van der Waals surface area contributed by atoms with Crippen LogP contribution in [0.4, 0.5) is 0 Å². The summed E-state index contributed by atoms with van der Waals surface area (Å²) in [7, 11) is 0. The van der Waals surface area contributed by atoms with Crippen molar-refractivity contribution in [2.75, 3.05) is 26.2 Å². The van der Waals surface area contributed by atoms with Crippen LogP contribution in [0.15, 0.2) is 29.8 Å². The Balaban J connectivity index is 2.06. The molecule has 0 radical (unpaired) electrons. The second kappa shape index (κ2) is 5.87. The molecule has 1 aliphatic rings. The molecule has 0 atom stereocenters. The SMILES string of the molecule is CCCN(CC)CC1=Cc2ccccc2OC1. The van der Waals surface area contributed by atoms with Gasteiger partial charge in [0.15, 0.2) is 0 Å². The lowest BCUT2D eigenvalue weighted by molar-refractivity contribution is 0.283. The van der Waals surface area contributed by atoms with Crippen molar-refractivity contribution in [1.29, 1.82) is 0 Å². The minimum Gasteiger partial charge on any atom is -0.489 e. The van der Waals surface area contributed by atoms with E-state index in [4.69, 9.17) is 4.74 Å². The van der Waals surface area contributed by atoms with E-state index in [2.05, 4.69) is 37.0 Å². The van der Waals surface area contributed by atoms with Gasteiger partial charge in [0.1, 0.15) is 12.4 Å². The molecule has 2 rings (SSSR count). The highest BCUT2D eigenvalue weighted by molar-refractivity contribution is 5.62. The monoisotopic (exact) mass is 231 g/mol. The van der Waals surface area contributed by atoms with E-state index < -0.39 is 0 Å². The molecule has 1 aromatic carbocycles. The van der Waals surface area contributed by atoms with Gasteiger partial charge in [0.25, 0.3) is 0 Å². The Labute approximate surface area is 104 Å². The molecule has 2 nitrogen and oxygen atoms in total. The van der Waals surface area contributed by atoms with Crippen LogP contribution in [0.1, 0.15) is 25.8 Å². The predicted octanol–water partition coefficient (Wildman–Crippen LogP) is 3.19. The summed E-state index contributed by atoms with van der Waals surface area (Å²) in [4.78, 5) is 2.46. The number of benzene rings is 1. The van der Waals surface area contributed by atoms with Crippen LogP contribution < -0.4 is 4.74 Å². The summed E-state index contributed by atoms with van der Waals surface area (Å²) in [5.41, 5.74) is 2.58. The second-order valence-corrected chi connectivity index (χ2v) is 4.50. The maximum Gasteiger partial charge on any atom is 0.127 e. The van der Waals surface area contributed by atoms with Crippen LogP contribution in [0.5, 0.6) is 5.75 Å². The Hall–Kier alpha value is -1.28. The molecule has 1 aromatic rings. The molecule has 0 N–H and O–H groups in total. The highest BCUT2D eigenvalue weighted by Crippen LogP contribution is 2.25. The fourth-order valence-corrected chi connectivity index (χ4v) is 2.21. The number of likely N-dealkylation sites (N-methyl/N-ethyl adjacent to an activating group) is 1. The molecule has 0 bridgehead atoms. The van der Waals surface area contributed by atoms with Crippen LogP contribution in [0.3, 0.4) is 0 Å². The van der Waals surface area contributed by atoms with Gasteiger partial charge >= 0.3 is 0 Å². The number of nitrogens with zero attached hydrogens (tertiary/aromatic N) is 1. The van der Waals surface area contributed by atoms with Crippen LogP contribution >= 0.6 is 0 Å². The molecular weight excluding hydrogens is 210 g/mol. The average molecular weight is 231 g/mol. The van der Waals surface area contributed by atoms with Gasteiger partial charge in [-0.15, -0.1) is 0 Å². The first kappa shape index (κ1) is 12.2. The summed E-state index contributed by atoms with van der Waals surface area (Å²) >= 11 is 0. The largest absolute Gasteiger partial charge is 0.489 e. The van der Waals surface area contributed by atoms with Crippen LogP contribution in [-0.4, -0.2) is 31.1 Å². The number of fused-ring (bicyclic) bond motifs is 1. The van der Waals surface area contributed by atoms with Crippen LogP contribution in [-0.2, 0) is 0 Å². The van der Waals surface area contributed by atoms with Gasteiger partial charge in [-0.25, -0.2) is 0 Å². The van der Waals surface area contributed by atoms with Gasteiger partial charge in [0, 0.05) is 12.1 Å². The van der Waals surface area contributed by atoms with Crippen molar-refractivity contribution >= 4 is 6.08 Å². The zero-order valence-corrected chi connectivity index (χ0v) is 10.8. The first-order chi connectivity index (χ1) is 8.33. The summed E-state index contributed by atoms with van der Waals surface area (Å²) < 4.78 is 5.76. The Morgan fingerprint density at radius 2 is 2.06 bits per heavy atom. The number of ether oxygens (including phenoxy) is 1. The molecule has 0 saturated heterocycles. The van der Waals surface area contributed by atoms with Crippen molar-refractivity contribution in [2.24, 2.45) is 0 Å². The lowest BCUT2D eigenvalue weighted by Crippen LogP contribution is -2.28. The summed E-state index contributed by atoms with van der Waals surface area (Å²) in [6.07, 6.45) is 3.48. The average Bonchev–Trinajstić information content (AvgIpc) is 2.38. The van der Waals surface area contributed by atoms with Crippen LogP contribution in [0, 0.1) is 0 Å². The summed E-state index contributed by atoms with van der Waals surface area (Å²) in [6.45, 7) is 8.47. The van der Waals surface area contributed by atoms with E-state index in [1.165, 1.54) is 17.6 Å². The van der Waals surface area contributed by atoms with Gasteiger partial charge < -0.3 is 4.74 Å². The van der Waals surface area contributed by atoms with E-state index >= 15 is 0 Å². The molecule has 0 spiro atoms. The fraction of sp³-hybridized carbons (Fsp3) is 0.467. The Morgan fingerprint density at radius 1 is 1.24 bits per heavy atom. The standard InChI is InChI=1S/C15H21NO/c1-3-9-16(4-2)11-13-10-14-7-5-6-8-15(14)17-12-13/h5-8,10H,3-4,9,11-12H2,1-2H3. The molecule has 92 valence electrons. The Kier molecular flexibility index (Phi) is 4.21. The maximum absolute atomic E-state index is 5.76. The molecule has 0 aromatic heterocycles. The molecule has 1 heterocycles. The van der Waals surface area contributed by atoms with Gasteiger partial charge in [-0.05, 0) is 37.2 Å².